The van der Waals surface area contributed by atoms with Gasteiger partial charge < -0.3 is 10.2 Å². The van der Waals surface area contributed by atoms with Gasteiger partial charge in [-0.05, 0) is 18.3 Å². The Balaban J connectivity index is 2.39. The van der Waals surface area contributed by atoms with E-state index in [1.807, 2.05) is 0 Å². The van der Waals surface area contributed by atoms with E-state index in [0.717, 1.165) is 29.1 Å². The molecule has 0 saturated heterocycles. The molecule has 0 fully saturated rings. The van der Waals surface area contributed by atoms with Crippen molar-refractivity contribution >= 4 is 28.1 Å². The summed E-state index contributed by atoms with van der Waals surface area (Å²) in [5.41, 5.74) is 2.03. The molecule has 18 heavy (non-hydrogen) atoms. The molecule has 1 aliphatic carbocycles. The van der Waals surface area contributed by atoms with Gasteiger partial charge in [-0.15, -0.1) is 0 Å². The molecule has 1 heterocycles. The largest absolute Gasteiger partial charge is 0.399 e. The molecular weight excluding hydrogens is 250 g/mol. The van der Waals surface area contributed by atoms with Crippen LogP contribution in [0.25, 0.3) is 0 Å². The van der Waals surface area contributed by atoms with Crippen molar-refractivity contribution in [2.75, 3.05) is 12.4 Å². The van der Waals surface area contributed by atoms with Gasteiger partial charge in [0.25, 0.3) is 0 Å². The molecule has 0 aromatic carbocycles. The number of fused-ring (bicyclic) bond motifs is 1. The fourth-order valence-corrected chi connectivity index (χ4v) is 3.14. The molecule has 1 aliphatic rings. The Kier molecular flexibility index (Phi) is 3.38. The summed E-state index contributed by atoms with van der Waals surface area (Å²) in [6.45, 7) is 5.84. The minimum atomic E-state index is -0.106. The third-order valence-electron chi connectivity index (χ3n) is 2.74. The predicted molar refractivity (Wildman–Crippen MR) is 72.1 cm³/mol. The molecule has 1 aromatic rings. The van der Waals surface area contributed by atoms with Crippen LogP contribution in [-0.2, 0) is 16.1 Å². The first-order valence-electron chi connectivity index (χ1n) is 5.79. The van der Waals surface area contributed by atoms with Crippen LogP contribution >= 0.6 is 11.3 Å². The Labute approximate surface area is 110 Å². The zero-order valence-corrected chi connectivity index (χ0v) is 11.8. The van der Waals surface area contributed by atoms with Crippen LogP contribution in [0.15, 0.2) is 5.16 Å². The number of amides is 1. The zero-order chi connectivity index (χ0) is 13.3. The normalized spacial score (nSPS) is 19.4. The minimum Gasteiger partial charge on any atom is -0.399 e. The average molecular weight is 267 g/mol. The number of oxime groups is 1. The van der Waals surface area contributed by atoms with Gasteiger partial charge in [-0.1, -0.05) is 30.3 Å². The van der Waals surface area contributed by atoms with Crippen molar-refractivity contribution in [3.05, 3.63) is 10.6 Å². The summed E-state index contributed by atoms with van der Waals surface area (Å²) >= 11 is 1.46. The van der Waals surface area contributed by atoms with Crippen LogP contribution in [0.5, 0.6) is 0 Å². The summed E-state index contributed by atoms with van der Waals surface area (Å²) in [5, 5.41) is 7.45. The maximum Gasteiger partial charge on any atom is 0.223 e. The van der Waals surface area contributed by atoms with Gasteiger partial charge in [0.05, 0.1) is 16.3 Å². The highest BCUT2D eigenvalue weighted by atomic mass is 32.1. The second kappa shape index (κ2) is 4.68. The van der Waals surface area contributed by atoms with Crippen molar-refractivity contribution in [3.8, 4) is 0 Å². The van der Waals surface area contributed by atoms with Gasteiger partial charge in [-0.3, -0.25) is 4.79 Å². The Morgan fingerprint density at radius 3 is 2.83 bits per heavy atom. The SMILES string of the molecule is CO/N=C1\CC(C)(C)Cc2nc(NC(C)=O)sc21. The third-order valence-corrected chi connectivity index (χ3v) is 3.80. The molecule has 0 spiro atoms. The van der Waals surface area contributed by atoms with Crippen molar-refractivity contribution in [1.29, 1.82) is 0 Å². The quantitative estimate of drug-likeness (QED) is 0.837. The van der Waals surface area contributed by atoms with Crippen molar-refractivity contribution in [2.45, 2.75) is 33.6 Å². The fraction of sp³-hybridized carbons (Fsp3) is 0.583. The van der Waals surface area contributed by atoms with Crippen LogP contribution in [0, 0.1) is 5.41 Å². The molecular formula is C12H17N3O2S. The molecule has 0 atom stereocenters. The van der Waals surface area contributed by atoms with Gasteiger partial charge in [0.2, 0.25) is 5.91 Å². The van der Waals surface area contributed by atoms with E-state index in [0.29, 0.717) is 5.13 Å². The van der Waals surface area contributed by atoms with Crippen molar-refractivity contribution in [3.63, 3.8) is 0 Å². The average Bonchev–Trinajstić information content (AvgIpc) is 2.57. The number of rotatable bonds is 2. The maximum absolute atomic E-state index is 11.1. The Morgan fingerprint density at radius 2 is 2.22 bits per heavy atom. The Morgan fingerprint density at radius 1 is 1.50 bits per heavy atom. The van der Waals surface area contributed by atoms with Crippen molar-refractivity contribution in [1.82, 2.24) is 4.98 Å². The molecule has 5 nitrogen and oxygen atoms in total. The predicted octanol–water partition coefficient (Wildman–Crippen LogP) is 2.42. The van der Waals surface area contributed by atoms with Crippen LogP contribution in [0.4, 0.5) is 5.13 Å². The number of thiazole rings is 1. The molecule has 0 bridgehead atoms. The van der Waals surface area contributed by atoms with Crippen LogP contribution in [0.2, 0.25) is 0 Å². The monoisotopic (exact) mass is 267 g/mol. The Hall–Kier alpha value is -1.43. The van der Waals surface area contributed by atoms with Gasteiger partial charge in [0.15, 0.2) is 5.13 Å². The summed E-state index contributed by atoms with van der Waals surface area (Å²) < 4.78 is 0. The van der Waals surface area contributed by atoms with Crippen LogP contribution in [-0.4, -0.2) is 23.7 Å². The van der Waals surface area contributed by atoms with Gasteiger partial charge in [0, 0.05) is 6.92 Å². The standard InChI is InChI=1S/C12H17N3O2S/c1-7(16)13-11-14-8-5-12(2,3)6-9(15-17-4)10(8)18-11/h5-6H2,1-4H3,(H,13,14,16)/b15-9+. The van der Waals surface area contributed by atoms with Crippen molar-refractivity contribution in [2.24, 2.45) is 10.6 Å². The van der Waals surface area contributed by atoms with E-state index in [2.05, 4.69) is 29.3 Å². The molecule has 0 unspecified atom stereocenters. The number of hydrogen-bond acceptors (Lipinski definition) is 5. The summed E-state index contributed by atoms with van der Waals surface area (Å²) in [6, 6.07) is 0. The lowest BCUT2D eigenvalue weighted by atomic mass is 9.78. The maximum atomic E-state index is 11.1. The smallest absolute Gasteiger partial charge is 0.223 e. The third kappa shape index (κ3) is 2.69. The number of carbonyl (C=O) groups excluding carboxylic acids is 1. The molecule has 2 rings (SSSR count). The highest BCUT2D eigenvalue weighted by molar-refractivity contribution is 7.17. The van der Waals surface area contributed by atoms with E-state index in [1.165, 1.54) is 18.3 Å². The van der Waals surface area contributed by atoms with E-state index >= 15 is 0 Å². The number of nitrogens with one attached hydrogen (secondary N) is 1. The number of carbonyl (C=O) groups is 1. The molecule has 0 saturated carbocycles. The van der Waals surface area contributed by atoms with Gasteiger partial charge in [-0.2, -0.15) is 0 Å². The molecule has 6 heteroatoms. The zero-order valence-electron chi connectivity index (χ0n) is 11.0. The lowest BCUT2D eigenvalue weighted by molar-refractivity contribution is -0.114. The molecule has 1 aromatic heterocycles. The van der Waals surface area contributed by atoms with Crippen LogP contribution in [0.3, 0.4) is 0 Å². The first-order chi connectivity index (χ1) is 8.41. The first kappa shape index (κ1) is 13.0. The summed E-state index contributed by atoms with van der Waals surface area (Å²) in [6.07, 6.45) is 1.75. The first-order valence-corrected chi connectivity index (χ1v) is 6.60. The summed E-state index contributed by atoms with van der Waals surface area (Å²) in [5.74, 6) is -0.106. The molecule has 1 amide bonds. The van der Waals surface area contributed by atoms with E-state index < -0.39 is 0 Å². The van der Waals surface area contributed by atoms with E-state index in [-0.39, 0.29) is 11.3 Å². The highest BCUT2D eigenvalue weighted by Crippen LogP contribution is 2.38. The second-order valence-electron chi connectivity index (χ2n) is 5.21. The number of hydrogen-bond donors (Lipinski definition) is 1. The van der Waals surface area contributed by atoms with E-state index in [4.69, 9.17) is 4.84 Å². The molecule has 98 valence electrons. The highest BCUT2D eigenvalue weighted by Gasteiger charge is 2.33. The van der Waals surface area contributed by atoms with Gasteiger partial charge in [-0.25, -0.2) is 4.98 Å². The summed E-state index contributed by atoms with van der Waals surface area (Å²) in [4.78, 5) is 21.5. The lowest BCUT2D eigenvalue weighted by Gasteiger charge is -2.28. The van der Waals surface area contributed by atoms with Crippen LogP contribution < -0.4 is 5.32 Å². The lowest BCUT2D eigenvalue weighted by Crippen LogP contribution is -2.26. The van der Waals surface area contributed by atoms with Gasteiger partial charge in [0.1, 0.15) is 7.11 Å². The van der Waals surface area contributed by atoms with E-state index in [1.54, 1.807) is 7.11 Å². The number of aromatic nitrogens is 1. The number of nitrogens with zero attached hydrogens (tertiary/aromatic N) is 2. The van der Waals surface area contributed by atoms with Crippen LogP contribution in [0.1, 0.15) is 37.8 Å². The summed E-state index contributed by atoms with van der Waals surface area (Å²) in [7, 11) is 1.55. The molecule has 0 aliphatic heterocycles. The van der Waals surface area contributed by atoms with E-state index in [9.17, 15) is 4.79 Å². The fourth-order valence-electron chi connectivity index (χ4n) is 2.13. The second-order valence-corrected chi connectivity index (χ2v) is 6.21. The minimum absolute atomic E-state index is 0.106. The topological polar surface area (TPSA) is 63.6 Å². The number of anilines is 1. The van der Waals surface area contributed by atoms with Crippen molar-refractivity contribution < 1.29 is 9.63 Å². The molecule has 1 N–H and O–H groups in total. The Bertz CT molecular complexity index is 505. The van der Waals surface area contributed by atoms with Gasteiger partial charge >= 0.3 is 0 Å². The molecule has 0 radical (unpaired) electrons.